The zero-order chi connectivity index (χ0) is 8.91. The summed E-state index contributed by atoms with van der Waals surface area (Å²) in [5.41, 5.74) is -0.338. The van der Waals surface area contributed by atoms with Crippen molar-refractivity contribution in [3.05, 3.63) is 0 Å². The maximum absolute atomic E-state index is 11.2. The van der Waals surface area contributed by atoms with Crippen molar-refractivity contribution in [2.45, 2.75) is 20.3 Å². The normalized spacial score (nSPS) is 10.7. The van der Waals surface area contributed by atoms with Gasteiger partial charge in [-0.25, -0.2) is 0 Å². The maximum atomic E-state index is 11.2. The van der Waals surface area contributed by atoms with Gasteiger partial charge in [-0.2, -0.15) is 17.0 Å². The number of hydrogen-bond donors (Lipinski definition) is 0. The van der Waals surface area contributed by atoms with E-state index in [4.69, 9.17) is 5.26 Å². The molecule has 0 spiro atoms. The number of Topliss-reactive ketones (excluding diaryl/α,β-unsaturated/α-hetero) is 1. The molecule has 0 aliphatic rings. The van der Waals surface area contributed by atoms with Gasteiger partial charge in [0, 0.05) is 11.2 Å². The van der Waals surface area contributed by atoms with Gasteiger partial charge in [-0.15, -0.1) is 0 Å². The molecule has 0 heterocycles. The zero-order valence-electron chi connectivity index (χ0n) is 7.18. The predicted molar refractivity (Wildman–Crippen MR) is 47.4 cm³/mol. The van der Waals surface area contributed by atoms with Crippen LogP contribution in [0.4, 0.5) is 0 Å². The first kappa shape index (κ1) is 10.5. The Morgan fingerprint density at radius 2 is 2.18 bits per heavy atom. The number of carbonyl (C=O) groups excluding carboxylic acids is 1. The molecule has 0 saturated carbocycles. The van der Waals surface area contributed by atoms with E-state index in [-0.39, 0.29) is 17.6 Å². The fourth-order valence-corrected chi connectivity index (χ4v) is 1.64. The summed E-state index contributed by atoms with van der Waals surface area (Å²) in [6.07, 6.45) is 2.00. The van der Waals surface area contributed by atoms with E-state index in [0.717, 1.165) is 5.75 Å². The molecular formula is C8H13NOS. The number of nitriles is 1. The lowest BCUT2D eigenvalue weighted by atomic mass is 9.89. The Morgan fingerprint density at radius 1 is 1.64 bits per heavy atom. The average Bonchev–Trinajstić information content (AvgIpc) is 1.88. The third-order valence-electron chi connectivity index (χ3n) is 1.50. The molecule has 0 aromatic heterocycles. The van der Waals surface area contributed by atoms with Crippen molar-refractivity contribution in [2.75, 3.05) is 12.0 Å². The summed E-state index contributed by atoms with van der Waals surface area (Å²) in [4.78, 5) is 11.2. The molecule has 11 heavy (non-hydrogen) atoms. The van der Waals surface area contributed by atoms with Crippen LogP contribution < -0.4 is 0 Å². The third kappa shape index (κ3) is 3.43. The molecule has 2 nitrogen and oxygen atoms in total. The topological polar surface area (TPSA) is 40.9 Å². The Labute approximate surface area is 72.0 Å². The molecule has 0 amide bonds. The molecule has 0 aliphatic carbocycles. The Hall–Kier alpha value is -0.490. The number of nitrogens with zero attached hydrogens (tertiary/aromatic N) is 1. The van der Waals surface area contributed by atoms with Gasteiger partial charge in [0.05, 0.1) is 12.5 Å². The SMILES string of the molecule is CSCC(C)(C)C(=O)CC#N. The highest BCUT2D eigenvalue weighted by molar-refractivity contribution is 7.98. The third-order valence-corrected chi connectivity index (χ3v) is 2.51. The summed E-state index contributed by atoms with van der Waals surface area (Å²) in [5, 5.41) is 8.29. The lowest BCUT2D eigenvalue weighted by Gasteiger charge is -2.19. The summed E-state index contributed by atoms with van der Waals surface area (Å²) in [6, 6.07) is 1.87. The van der Waals surface area contributed by atoms with Crippen LogP contribution in [0.1, 0.15) is 20.3 Å². The van der Waals surface area contributed by atoms with Crippen molar-refractivity contribution in [1.82, 2.24) is 0 Å². The van der Waals surface area contributed by atoms with Crippen LogP contribution in [0.15, 0.2) is 0 Å². The molecule has 0 bridgehead atoms. The standard InChI is InChI=1S/C8H13NOS/c1-8(2,6-11-3)7(10)4-5-9/h4,6H2,1-3H3. The molecule has 0 saturated heterocycles. The summed E-state index contributed by atoms with van der Waals surface area (Å²) in [5.74, 6) is 0.822. The van der Waals surface area contributed by atoms with Crippen molar-refractivity contribution < 1.29 is 4.79 Å². The number of carbonyl (C=O) groups is 1. The van der Waals surface area contributed by atoms with E-state index in [2.05, 4.69) is 0 Å². The molecule has 62 valence electrons. The maximum Gasteiger partial charge on any atom is 0.153 e. The first-order valence-electron chi connectivity index (χ1n) is 3.44. The molecule has 0 aromatic rings. The Morgan fingerprint density at radius 3 is 2.55 bits per heavy atom. The van der Waals surface area contributed by atoms with Gasteiger partial charge in [0.2, 0.25) is 0 Å². The first-order chi connectivity index (χ1) is 5.04. The van der Waals surface area contributed by atoms with Crippen molar-refractivity contribution in [2.24, 2.45) is 5.41 Å². The van der Waals surface area contributed by atoms with E-state index in [0.29, 0.717) is 0 Å². The molecule has 0 rings (SSSR count). The van der Waals surface area contributed by atoms with Crippen LogP contribution in [0.2, 0.25) is 0 Å². The van der Waals surface area contributed by atoms with Gasteiger partial charge in [0.25, 0.3) is 0 Å². The van der Waals surface area contributed by atoms with E-state index in [9.17, 15) is 4.79 Å². The van der Waals surface area contributed by atoms with Gasteiger partial charge < -0.3 is 0 Å². The second-order valence-corrected chi connectivity index (χ2v) is 3.94. The second kappa shape index (κ2) is 4.40. The van der Waals surface area contributed by atoms with E-state index in [1.54, 1.807) is 11.8 Å². The molecule has 0 aliphatic heterocycles. The van der Waals surface area contributed by atoms with Gasteiger partial charge >= 0.3 is 0 Å². The van der Waals surface area contributed by atoms with Crippen LogP contribution in [-0.4, -0.2) is 17.8 Å². The Balaban J connectivity index is 4.08. The molecule has 3 heteroatoms. The fraction of sp³-hybridized carbons (Fsp3) is 0.750. The minimum absolute atomic E-state index is 0.0353. The smallest absolute Gasteiger partial charge is 0.153 e. The van der Waals surface area contributed by atoms with Crippen molar-refractivity contribution >= 4 is 17.5 Å². The highest BCUT2D eigenvalue weighted by Gasteiger charge is 2.25. The summed E-state index contributed by atoms with van der Waals surface area (Å²) in [7, 11) is 0. The lowest BCUT2D eigenvalue weighted by Crippen LogP contribution is -2.26. The number of hydrogen-bond acceptors (Lipinski definition) is 3. The molecular weight excluding hydrogens is 158 g/mol. The van der Waals surface area contributed by atoms with Crippen LogP contribution in [0.5, 0.6) is 0 Å². The molecule has 0 fully saturated rings. The van der Waals surface area contributed by atoms with Gasteiger partial charge in [-0.05, 0) is 6.26 Å². The number of rotatable bonds is 4. The quantitative estimate of drug-likeness (QED) is 0.648. The van der Waals surface area contributed by atoms with E-state index >= 15 is 0 Å². The molecule has 0 unspecified atom stereocenters. The summed E-state index contributed by atoms with van der Waals surface area (Å²) in [6.45, 7) is 3.76. The lowest BCUT2D eigenvalue weighted by molar-refractivity contribution is -0.125. The van der Waals surface area contributed by atoms with Crippen molar-refractivity contribution in [3.63, 3.8) is 0 Å². The van der Waals surface area contributed by atoms with Crippen LogP contribution in [-0.2, 0) is 4.79 Å². The highest BCUT2D eigenvalue weighted by atomic mass is 32.2. The van der Waals surface area contributed by atoms with Crippen LogP contribution in [0.25, 0.3) is 0 Å². The Bertz CT molecular complexity index is 181. The fourth-order valence-electron chi connectivity index (χ4n) is 0.752. The van der Waals surface area contributed by atoms with Crippen molar-refractivity contribution in [3.8, 4) is 6.07 Å². The van der Waals surface area contributed by atoms with Gasteiger partial charge in [-0.3, -0.25) is 4.79 Å². The van der Waals surface area contributed by atoms with E-state index in [1.807, 2.05) is 26.2 Å². The van der Waals surface area contributed by atoms with E-state index in [1.165, 1.54) is 0 Å². The zero-order valence-corrected chi connectivity index (χ0v) is 7.99. The minimum Gasteiger partial charge on any atom is -0.298 e. The predicted octanol–water partition coefficient (Wildman–Crippen LogP) is 1.86. The largest absolute Gasteiger partial charge is 0.298 e. The van der Waals surface area contributed by atoms with Crippen LogP contribution in [0, 0.1) is 16.7 Å². The molecule has 0 aromatic carbocycles. The monoisotopic (exact) mass is 171 g/mol. The summed E-state index contributed by atoms with van der Waals surface area (Å²) >= 11 is 1.63. The van der Waals surface area contributed by atoms with Crippen LogP contribution in [0.3, 0.4) is 0 Å². The minimum atomic E-state index is -0.338. The molecule has 0 radical (unpaired) electrons. The van der Waals surface area contributed by atoms with Crippen molar-refractivity contribution in [1.29, 1.82) is 5.26 Å². The van der Waals surface area contributed by atoms with Gasteiger partial charge in [0.15, 0.2) is 5.78 Å². The van der Waals surface area contributed by atoms with Gasteiger partial charge in [-0.1, -0.05) is 13.8 Å². The first-order valence-corrected chi connectivity index (χ1v) is 4.83. The summed E-state index contributed by atoms with van der Waals surface area (Å²) < 4.78 is 0. The van der Waals surface area contributed by atoms with Crippen LogP contribution >= 0.6 is 11.8 Å². The molecule has 0 N–H and O–H groups in total. The average molecular weight is 171 g/mol. The second-order valence-electron chi connectivity index (χ2n) is 3.07. The van der Waals surface area contributed by atoms with Gasteiger partial charge in [0.1, 0.15) is 0 Å². The molecule has 0 atom stereocenters. The van der Waals surface area contributed by atoms with E-state index < -0.39 is 0 Å². The number of ketones is 1. The number of thioether (sulfide) groups is 1. The highest BCUT2D eigenvalue weighted by Crippen LogP contribution is 2.22. The Kier molecular flexibility index (Phi) is 4.20.